The SMILES string of the molecule is CN(C(=O)c1cc(Cl)ccc1[N+](=O)[O-])C(C)(C)CO. The Balaban J connectivity index is 3.26. The van der Waals surface area contributed by atoms with Crippen molar-refractivity contribution in [2.45, 2.75) is 19.4 Å². The fourth-order valence-corrected chi connectivity index (χ4v) is 1.57. The van der Waals surface area contributed by atoms with Gasteiger partial charge in [-0.15, -0.1) is 0 Å². The molecule has 0 atom stereocenters. The maximum Gasteiger partial charge on any atom is 0.282 e. The summed E-state index contributed by atoms with van der Waals surface area (Å²) in [6, 6.07) is 3.80. The van der Waals surface area contributed by atoms with Gasteiger partial charge in [0, 0.05) is 18.1 Å². The van der Waals surface area contributed by atoms with Gasteiger partial charge < -0.3 is 10.0 Å². The number of aliphatic hydroxyl groups excluding tert-OH is 1. The molecule has 0 aromatic heterocycles. The number of rotatable bonds is 4. The lowest BCUT2D eigenvalue weighted by Crippen LogP contribution is -2.47. The number of carbonyl (C=O) groups is 1. The zero-order valence-electron chi connectivity index (χ0n) is 10.9. The van der Waals surface area contributed by atoms with Crippen molar-refractivity contribution in [3.63, 3.8) is 0 Å². The standard InChI is InChI=1S/C12H15ClN2O4/c1-12(2,7-16)14(3)11(17)9-6-8(13)4-5-10(9)15(18)19/h4-6,16H,7H2,1-3H3. The second-order valence-corrected chi connectivity index (χ2v) is 5.19. The van der Waals surface area contributed by atoms with Gasteiger partial charge in [-0.3, -0.25) is 14.9 Å². The molecule has 6 nitrogen and oxygen atoms in total. The number of hydrogen-bond acceptors (Lipinski definition) is 4. The third-order valence-corrected chi connectivity index (χ3v) is 3.22. The minimum absolute atomic E-state index is 0.0958. The van der Waals surface area contributed by atoms with E-state index in [0.29, 0.717) is 0 Å². The third-order valence-electron chi connectivity index (χ3n) is 2.99. The lowest BCUT2D eigenvalue weighted by Gasteiger charge is -2.33. The van der Waals surface area contributed by atoms with Gasteiger partial charge in [0.1, 0.15) is 5.56 Å². The fraction of sp³-hybridized carbons (Fsp3) is 0.417. The maximum absolute atomic E-state index is 12.3. The average molecular weight is 287 g/mol. The molecule has 0 bridgehead atoms. The van der Waals surface area contributed by atoms with Crippen LogP contribution in [0.3, 0.4) is 0 Å². The summed E-state index contributed by atoms with van der Waals surface area (Å²) in [5.41, 5.74) is -1.23. The first-order valence-corrected chi connectivity index (χ1v) is 5.91. The van der Waals surface area contributed by atoms with Gasteiger partial charge in [0.25, 0.3) is 11.6 Å². The monoisotopic (exact) mass is 286 g/mol. The Bertz CT molecular complexity index is 516. The summed E-state index contributed by atoms with van der Waals surface area (Å²) in [4.78, 5) is 23.8. The molecule has 0 unspecified atom stereocenters. The molecule has 1 amide bonds. The van der Waals surface area contributed by atoms with E-state index in [-0.39, 0.29) is 22.9 Å². The summed E-state index contributed by atoms with van der Waals surface area (Å²) in [6.07, 6.45) is 0. The molecular weight excluding hydrogens is 272 g/mol. The lowest BCUT2D eigenvalue weighted by molar-refractivity contribution is -0.385. The summed E-state index contributed by atoms with van der Waals surface area (Å²) in [5, 5.41) is 20.4. The Hall–Kier alpha value is -1.66. The van der Waals surface area contributed by atoms with Crippen LogP contribution >= 0.6 is 11.6 Å². The van der Waals surface area contributed by atoms with Crippen molar-refractivity contribution in [2.24, 2.45) is 0 Å². The first-order chi connectivity index (χ1) is 8.70. The highest BCUT2D eigenvalue weighted by Gasteiger charge is 2.31. The predicted octanol–water partition coefficient (Wildman–Crippen LogP) is 2.09. The molecule has 0 aliphatic carbocycles. The van der Waals surface area contributed by atoms with Crippen molar-refractivity contribution in [1.82, 2.24) is 4.90 Å². The topological polar surface area (TPSA) is 83.7 Å². The van der Waals surface area contributed by atoms with Crippen molar-refractivity contribution in [2.75, 3.05) is 13.7 Å². The second kappa shape index (κ2) is 5.54. The molecule has 0 saturated heterocycles. The van der Waals surface area contributed by atoms with Crippen LogP contribution in [0.2, 0.25) is 5.02 Å². The van der Waals surface area contributed by atoms with Crippen molar-refractivity contribution in [1.29, 1.82) is 0 Å². The van der Waals surface area contributed by atoms with E-state index in [1.165, 1.54) is 30.1 Å². The minimum atomic E-state index is -0.826. The fourth-order valence-electron chi connectivity index (χ4n) is 1.40. The Kier molecular flexibility index (Phi) is 4.49. The summed E-state index contributed by atoms with van der Waals surface area (Å²) >= 11 is 5.78. The van der Waals surface area contributed by atoms with Crippen molar-refractivity contribution in [3.05, 3.63) is 38.9 Å². The number of benzene rings is 1. The first-order valence-electron chi connectivity index (χ1n) is 5.53. The Labute approximate surface area is 115 Å². The van der Waals surface area contributed by atoms with Gasteiger partial charge in [0.15, 0.2) is 0 Å². The minimum Gasteiger partial charge on any atom is -0.394 e. The van der Waals surface area contributed by atoms with Crippen molar-refractivity contribution >= 4 is 23.2 Å². The van der Waals surface area contributed by atoms with Crippen LogP contribution in [-0.4, -0.2) is 40.0 Å². The number of halogens is 1. The highest BCUT2D eigenvalue weighted by molar-refractivity contribution is 6.31. The zero-order chi connectivity index (χ0) is 14.8. The molecular formula is C12H15ClN2O4. The first kappa shape index (κ1) is 15.4. The van der Waals surface area contributed by atoms with Gasteiger partial charge >= 0.3 is 0 Å². The van der Waals surface area contributed by atoms with Crippen molar-refractivity contribution in [3.8, 4) is 0 Å². The van der Waals surface area contributed by atoms with Gasteiger partial charge in [-0.25, -0.2) is 0 Å². The third kappa shape index (κ3) is 3.21. The number of likely N-dealkylation sites (N-methyl/N-ethyl adjacent to an activating group) is 1. The van der Waals surface area contributed by atoms with Gasteiger partial charge in [-0.1, -0.05) is 11.6 Å². The highest BCUT2D eigenvalue weighted by atomic mass is 35.5. The van der Waals surface area contributed by atoms with E-state index in [1.54, 1.807) is 13.8 Å². The lowest BCUT2D eigenvalue weighted by atomic mass is 10.0. The molecule has 1 N–H and O–H groups in total. The Morgan fingerprint density at radius 1 is 1.53 bits per heavy atom. The van der Waals surface area contributed by atoms with E-state index in [1.807, 2.05) is 0 Å². The molecule has 1 aromatic rings. The molecule has 19 heavy (non-hydrogen) atoms. The van der Waals surface area contributed by atoms with E-state index in [9.17, 15) is 20.0 Å². The number of amides is 1. The summed E-state index contributed by atoms with van der Waals surface area (Å²) < 4.78 is 0. The Morgan fingerprint density at radius 2 is 2.11 bits per heavy atom. The van der Waals surface area contributed by atoms with Crippen LogP contribution in [0.1, 0.15) is 24.2 Å². The van der Waals surface area contributed by atoms with Crippen LogP contribution in [0.25, 0.3) is 0 Å². The molecule has 0 fully saturated rings. The van der Waals surface area contributed by atoms with Gasteiger partial charge in [0.05, 0.1) is 17.1 Å². The summed E-state index contributed by atoms with van der Waals surface area (Å²) in [7, 11) is 1.48. The van der Waals surface area contributed by atoms with E-state index in [2.05, 4.69) is 0 Å². The smallest absolute Gasteiger partial charge is 0.282 e. The van der Waals surface area contributed by atoms with Gasteiger partial charge in [0.2, 0.25) is 0 Å². The largest absolute Gasteiger partial charge is 0.394 e. The number of nitrogens with zero attached hydrogens (tertiary/aromatic N) is 2. The summed E-state index contributed by atoms with van der Waals surface area (Å²) in [6.45, 7) is 3.05. The Morgan fingerprint density at radius 3 is 2.58 bits per heavy atom. The number of nitro groups is 1. The number of hydrogen-bond donors (Lipinski definition) is 1. The van der Waals surface area contributed by atoms with Gasteiger partial charge in [-0.05, 0) is 26.0 Å². The van der Waals surface area contributed by atoms with Crippen LogP contribution in [-0.2, 0) is 0 Å². The van der Waals surface area contributed by atoms with Crippen LogP contribution in [0.15, 0.2) is 18.2 Å². The number of nitro benzene ring substituents is 1. The highest BCUT2D eigenvalue weighted by Crippen LogP contribution is 2.26. The molecule has 0 aliphatic heterocycles. The average Bonchev–Trinajstić information content (AvgIpc) is 2.36. The molecule has 0 radical (unpaired) electrons. The second-order valence-electron chi connectivity index (χ2n) is 4.75. The predicted molar refractivity (Wildman–Crippen MR) is 71.4 cm³/mol. The van der Waals surface area contributed by atoms with Crippen molar-refractivity contribution < 1.29 is 14.8 Å². The molecule has 0 saturated carbocycles. The molecule has 1 aromatic carbocycles. The molecule has 1 rings (SSSR count). The summed E-state index contributed by atoms with van der Waals surface area (Å²) in [5.74, 6) is -0.562. The van der Waals surface area contributed by atoms with Crippen LogP contribution in [0, 0.1) is 10.1 Å². The molecule has 0 spiro atoms. The van der Waals surface area contributed by atoms with Gasteiger partial charge in [-0.2, -0.15) is 0 Å². The van der Waals surface area contributed by atoms with E-state index >= 15 is 0 Å². The normalized spacial score (nSPS) is 11.2. The van der Waals surface area contributed by atoms with Crippen LogP contribution < -0.4 is 0 Å². The van der Waals surface area contributed by atoms with E-state index in [0.717, 1.165) is 0 Å². The zero-order valence-corrected chi connectivity index (χ0v) is 11.6. The molecule has 0 aliphatic rings. The quantitative estimate of drug-likeness (QED) is 0.678. The number of aliphatic hydroxyl groups is 1. The molecule has 104 valence electrons. The number of carbonyl (C=O) groups excluding carboxylic acids is 1. The molecule has 7 heteroatoms. The van der Waals surface area contributed by atoms with E-state index < -0.39 is 16.4 Å². The van der Waals surface area contributed by atoms with Crippen LogP contribution in [0.4, 0.5) is 5.69 Å². The maximum atomic E-state index is 12.3. The molecule has 0 heterocycles. The van der Waals surface area contributed by atoms with Crippen LogP contribution in [0.5, 0.6) is 0 Å². The van der Waals surface area contributed by atoms with E-state index in [4.69, 9.17) is 11.6 Å².